The van der Waals surface area contributed by atoms with E-state index in [1.165, 1.54) is 43.9 Å². The Morgan fingerprint density at radius 3 is 2.58 bits per heavy atom. The molecule has 0 amide bonds. The van der Waals surface area contributed by atoms with Crippen molar-refractivity contribution in [1.82, 2.24) is 14.8 Å². The Bertz CT molecular complexity index is 710. The number of hydrogen-bond donors (Lipinski definition) is 0. The van der Waals surface area contributed by atoms with Crippen LogP contribution in [0.2, 0.25) is 0 Å². The minimum Gasteiger partial charge on any atom is -0.465 e. The number of rotatable bonds is 4. The molecule has 24 heavy (non-hydrogen) atoms. The van der Waals surface area contributed by atoms with Gasteiger partial charge >= 0.3 is 5.97 Å². The second-order valence-electron chi connectivity index (χ2n) is 6.40. The average Bonchev–Trinajstić information content (AvgIpc) is 3.24. The van der Waals surface area contributed by atoms with Crippen molar-refractivity contribution in [1.29, 1.82) is 0 Å². The fourth-order valence-electron chi connectivity index (χ4n) is 3.45. The van der Waals surface area contributed by atoms with Crippen LogP contribution in [-0.2, 0) is 9.53 Å². The normalized spacial score (nSPS) is 21.8. The zero-order chi connectivity index (χ0) is 16.4. The van der Waals surface area contributed by atoms with Crippen LogP contribution in [0.1, 0.15) is 50.3 Å². The zero-order valence-electron chi connectivity index (χ0n) is 13.6. The topological polar surface area (TPSA) is 57.0 Å². The van der Waals surface area contributed by atoms with Gasteiger partial charge in [-0.15, -0.1) is 5.10 Å². The van der Waals surface area contributed by atoms with E-state index in [4.69, 9.17) is 14.8 Å². The van der Waals surface area contributed by atoms with E-state index in [1.807, 2.05) is 22.9 Å². The molecule has 0 N–H and O–H groups in total. The van der Waals surface area contributed by atoms with Gasteiger partial charge in [0.2, 0.25) is 5.16 Å². The van der Waals surface area contributed by atoms with Gasteiger partial charge in [-0.25, -0.2) is 9.67 Å². The highest BCUT2D eigenvalue weighted by Crippen LogP contribution is 2.35. The molecule has 2 heterocycles. The van der Waals surface area contributed by atoms with Gasteiger partial charge in [-0.2, -0.15) is 0 Å². The monoisotopic (exact) mass is 343 g/mol. The molecule has 1 aliphatic carbocycles. The minimum atomic E-state index is -0.171. The summed E-state index contributed by atoms with van der Waals surface area (Å²) < 4.78 is 7.02. The van der Waals surface area contributed by atoms with Crippen LogP contribution in [0.3, 0.4) is 0 Å². The van der Waals surface area contributed by atoms with Gasteiger partial charge in [0.25, 0.3) is 0 Å². The van der Waals surface area contributed by atoms with Crippen LogP contribution in [0, 0.1) is 0 Å². The maximum absolute atomic E-state index is 11.7. The standard InChI is InChI=1S/C18H21N3O2S/c22-17-15(11-12-23-17)24-18-19-16(13-7-3-1-4-8-13)21(20-18)14-9-5-2-6-10-14/h2,5-6,9-10,13,15H,1,3-4,7-8,11-12H2/t15-/m1/s1. The van der Waals surface area contributed by atoms with Crippen molar-refractivity contribution in [3.63, 3.8) is 0 Å². The largest absolute Gasteiger partial charge is 0.465 e. The van der Waals surface area contributed by atoms with Crippen molar-refractivity contribution in [2.75, 3.05) is 6.61 Å². The van der Waals surface area contributed by atoms with Gasteiger partial charge in [0.15, 0.2) is 0 Å². The fraction of sp³-hybridized carbons (Fsp3) is 0.500. The van der Waals surface area contributed by atoms with Crippen LogP contribution in [-0.4, -0.2) is 32.6 Å². The number of cyclic esters (lactones) is 1. The lowest BCUT2D eigenvalue weighted by Gasteiger charge is -2.21. The van der Waals surface area contributed by atoms with Crippen molar-refractivity contribution in [3.05, 3.63) is 36.2 Å². The summed E-state index contributed by atoms with van der Waals surface area (Å²) in [6.45, 7) is 0.505. The number of hydrogen-bond acceptors (Lipinski definition) is 5. The zero-order valence-corrected chi connectivity index (χ0v) is 14.4. The number of carbonyl (C=O) groups is 1. The summed E-state index contributed by atoms with van der Waals surface area (Å²) in [7, 11) is 0. The molecular formula is C18H21N3O2S. The summed E-state index contributed by atoms with van der Waals surface area (Å²) in [4.78, 5) is 16.6. The summed E-state index contributed by atoms with van der Waals surface area (Å²) in [5, 5.41) is 5.23. The van der Waals surface area contributed by atoms with Crippen LogP contribution < -0.4 is 0 Å². The molecule has 1 aromatic heterocycles. The highest BCUT2D eigenvalue weighted by atomic mass is 32.2. The fourth-order valence-corrected chi connectivity index (χ4v) is 4.36. The third-order valence-electron chi connectivity index (χ3n) is 4.72. The van der Waals surface area contributed by atoms with Gasteiger partial charge in [0.1, 0.15) is 11.1 Å². The molecule has 1 saturated heterocycles. The molecule has 6 heteroatoms. The first-order chi connectivity index (χ1) is 11.8. The molecule has 1 saturated carbocycles. The third kappa shape index (κ3) is 3.20. The number of aromatic nitrogens is 3. The van der Waals surface area contributed by atoms with Gasteiger partial charge in [0.05, 0.1) is 12.3 Å². The van der Waals surface area contributed by atoms with Gasteiger partial charge in [-0.05, 0) is 25.0 Å². The number of benzene rings is 1. The van der Waals surface area contributed by atoms with Crippen molar-refractivity contribution in [3.8, 4) is 5.69 Å². The van der Waals surface area contributed by atoms with E-state index in [2.05, 4.69) is 12.1 Å². The molecule has 0 radical (unpaired) electrons. The predicted octanol–water partition coefficient (Wildman–Crippen LogP) is 3.72. The van der Waals surface area contributed by atoms with Crippen molar-refractivity contribution in [2.45, 2.75) is 54.8 Å². The van der Waals surface area contributed by atoms with E-state index >= 15 is 0 Å². The van der Waals surface area contributed by atoms with Crippen molar-refractivity contribution >= 4 is 17.7 Å². The number of nitrogens with zero attached hydrogens (tertiary/aromatic N) is 3. The van der Waals surface area contributed by atoms with Gasteiger partial charge in [-0.3, -0.25) is 4.79 Å². The maximum Gasteiger partial charge on any atom is 0.319 e. The Kier molecular flexibility index (Phi) is 4.56. The van der Waals surface area contributed by atoms with Gasteiger partial charge in [-0.1, -0.05) is 49.2 Å². The van der Waals surface area contributed by atoms with E-state index in [0.29, 0.717) is 17.7 Å². The first kappa shape index (κ1) is 15.7. The Hall–Kier alpha value is -1.82. The predicted molar refractivity (Wildman–Crippen MR) is 92.4 cm³/mol. The van der Waals surface area contributed by atoms with Crippen LogP contribution in [0.25, 0.3) is 5.69 Å². The molecule has 126 valence electrons. The number of esters is 1. The second-order valence-corrected chi connectivity index (χ2v) is 7.57. The lowest BCUT2D eigenvalue weighted by molar-refractivity contribution is -0.137. The first-order valence-electron chi connectivity index (χ1n) is 8.67. The average molecular weight is 343 g/mol. The van der Waals surface area contributed by atoms with Gasteiger partial charge < -0.3 is 4.74 Å². The van der Waals surface area contributed by atoms with Crippen molar-refractivity contribution < 1.29 is 9.53 Å². The molecule has 1 aliphatic heterocycles. The number of para-hydroxylation sites is 1. The van der Waals surface area contributed by atoms with E-state index in [0.717, 1.165) is 17.9 Å². The lowest BCUT2D eigenvalue weighted by Crippen LogP contribution is -2.12. The molecule has 1 aromatic carbocycles. The molecule has 4 rings (SSSR count). The Morgan fingerprint density at radius 2 is 1.88 bits per heavy atom. The summed E-state index contributed by atoms with van der Waals surface area (Å²) in [5.74, 6) is 1.35. The highest BCUT2D eigenvalue weighted by Gasteiger charge is 2.30. The molecular weight excluding hydrogens is 322 g/mol. The van der Waals surface area contributed by atoms with E-state index < -0.39 is 0 Å². The Balaban J connectivity index is 1.66. The highest BCUT2D eigenvalue weighted by molar-refractivity contribution is 8.00. The SMILES string of the molecule is O=C1OCC[C@H]1Sc1nc(C2CCCCC2)n(-c2ccccc2)n1. The summed E-state index contributed by atoms with van der Waals surface area (Å²) in [6.07, 6.45) is 6.89. The van der Waals surface area contributed by atoms with Crippen LogP contribution >= 0.6 is 11.8 Å². The van der Waals surface area contributed by atoms with Crippen LogP contribution in [0.5, 0.6) is 0 Å². The second kappa shape index (κ2) is 6.97. The van der Waals surface area contributed by atoms with Crippen molar-refractivity contribution in [2.24, 2.45) is 0 Å². The lowest BCUT2D eigenvalue weighted by atomic mass is 9.88. The quantitative estimate of drug-likeness (QED) is 0.792. The molecule has 1 atom stereocenters. The first-order valence-corrected chi connectivity index (χ1v) is 9.55. The van der Waals surface area contributed by atoms with Crippen LogP contribution in [0.15, 0.2) is 35.5 Å². The van der Waals surface area contributed by atoms with E-state index in [-0.39, 0.29) is 11.2 Å². The third-order valence-corrected chi connectivity index (χ3v) is 5.82. The summed E-state index contributed by atoms with van der Waals surface area (Å²) >= 11 is 1.44. The molecule has 0 bridgehead atoms. The smallest absolute Gasteiger partial charge is 0.319 e. The Labute approximate surface area is 145 Å². The van der Waals surface area contributed by atoms with Crippen LogP contribution in [0.4, 0.5) is 0 Å². The Morgan fingerprint density at radius 1 is 1.08 bits per heavy atom. The molecule has 5 nitrogen and oxygen atoms in total. The summed E-state index contributed by atoms with van der Waals surface area (Å²) in [5.41, 5.74) is 1.03. The van der Waals surface area contributed by atoms with E-state index in [9.17, 15) is 4.79 Å². The maximum atomic E-state index is 11.7. The number of ether oxygens (including phenoxy) is 1. The van der Waals surface area contributed by atoms with E-state index in [1.54, 1.807) is 0 Å². The molecule has 2 aromatic rings. The minimum absolute atomic E-state index is 0.143. The summed E-state index contributed by atoms with van der Waals surface area (Å²) in [6, 6.07) is 10.1. The molecule has 0 unspecified atom stereocenters. The number of carbonyl (C=O) groups excluding carboxylic acids is 1. The molecule has 2 fully saturated rings. The van der Waals surface area contributed by atoms with Gasteiger partial charge in [0, 0.05) is 12.3 Å². The molecule has 0 spiro atoms. The number of thioether (sulfide) groups is 1. The molecule has 2 aliphatic rings.